The van der Waals surface area contributed by atoms with E-state index in [2.05, 4.69) is 20.6 Å². The Balaban J connectivity index is 1.53. The molecule has 29 heavy (non-hydrogen) atoms. The molecule has 0 aliphatic carbocycles. The largest absolute Gasteiger partial charge is 0.422 e. The molecule has 0 atom stereocenters. The Bertz CT molecular complexity index is 1030. The molecule has 1 aromatic carbocycles. The zero-order valence-electron chi connectivity index (χ0n) is 15.0. The molecule has 1 fully saturated rings. The second-order valence-electron chi connectivity index (χ2n) is 6.39. The predicted octanol–water partition coefficient (Wildman–Crippen LogP) is 3.44. The van der Waals surface area contributed by atoms with E-state index < -0.39 is 11.7 Å². The van der Waals surface area contributed by atoms with Crippen LogP contribution >= 0.6 is 0 Å². The minimum absolute atomic E-state index is 0.110. The molecule has 1 saturated heterocycles. The number of oxazole rings is 1. The fraction of sp³-hybridized carbons (Fsp3) is 0.211. The number of amides is 1. The van der Waals surface area contributed by atoms with Gasteiger partial charge in [-0.3, -0.25) is 4.79 Å². The van der Waals surface area contributed by atoms with Crippen molar-refractivity contribution in [2.24, 2.45) is 0 Å². The van der Waals surface area contributed by atoms with Crippen LogP contribution < -0.4 is 15.5 Å². The molecular formula is C19H16F3N5O2. The molecule has 0 bridgehead atoms. The number of piperazine rings is 1. The number of pyridine rings is 1. The number of hydrogen-bond acceptors (Lipinski definition) is 6. The van der Waals surface area contributed by atoms with E-state index in [1.54, 1.807) is 23.1 Å². The van der Waals surface area contributed by atoms with Gasteiger partial charge in [-0.2, -0.15) is 13.2 Å². The van der Waals surface area contributed by atoms with Crippen molar-refractivity contribution >= 4 is 23.4 Å². The molecule has 1 amide bonds. The zero-order valence-corrected chi connectivity index (χ0v) is 15.0. The molecule has 2 aromatic heterocycles. The number of rotatable bonds is 4. The van der Waals surface area contributed by atoms with E-state index in [4.69, 9.17) is 4.42 Å². The number of carbonyl (C=O) groups is 1. The maximum atomic E-state index is 12.9. The number of anilines is 3. The first kappa shape index (κ1) is 18.8. The van der Waals surface area contributed by atoms with Crippen LogP contribution in [0.25, 0.3) is 11.5 Å². The van der Waals surface area contributed by atoms with Crippen LogP contribution in [0, 0.1) is 0 Å². The highest BCUT2D eigenvalue weighted by Gasteiger charge is 2.30. The Morgan fingerprint density at radius 2 is 2.00 bits per heavy atom. The van der Waals surface area contributed by atoms with Crippen molar-refractivity contribution in [3.8, 4) is 11.5 Å². The first-order chi connectivity index (χ1) is 13.9. The molecule has 150 valence electrons. The van der Waals surface area contributed by atoms with Gasteiger partial charge in [0.1, 0.15) is 18.1 Å². The van der Waals surface area contributed by atoms with Gasteiger partial charge in [0, 0.05) is 18.8 Å². The van der Waals surface area contributed by atoms with E-state index in [-0.39, 0.29) is 18.1 Å². The van der Waals surface area contributed by atoms with E-state index in [9.17, 15) is 18.0 Å². The SMILES string of the molecule is O=C1CN(c2ncc(-c3cccc(Nc4cccc(C(F)(F)F)c4)n3)o2)CCN1. The highest BCUT2D eigenvalue weighted by Crippen LogP contribution is 2.31. The van der Waals surface area contributed by atoms with Gasteiger partial charge in [-0.1, -0.05) is 12.1 Å². The molecule has 1 aliphatic rings. The summed E-state index contributed by atoms with van der Waals surface area (Å²) in [5.41, 5.74) is -0.0200. The fourth-order valence-corrected chi connectivity index (χ4v) is 2.89. The molecule has 3 heterocycles. The zero-order chi connectivity index (χ0) is 20.4. The molecule has 10 heteroatoms. The van der Waals surface area contributed by atoms with E-state index in [0.717, 1.165) is 12.1 Å². The molecule has 0 saturated carbocycles. The average molecular weight is 403 g/mol. The Morgan fingerprint density at radius 1 is 1.17 bits per heavy atom. The van der Waals surface area contributed by atoms with Crippen LogP contribution in [-0.2, 0) is 11.0 Å². The van der Waals surface area contributed by atoms with Crippen LogP contribution in [0.2, 0.25) is 0 Å². The summed E-state index contributed by atoms with van der Waals surface area (Å²) in [6.07, 6.45) is -2.92. The number of halogens is 3. The number of nitrogens with one attached hydrogen (secondary N) is 2. The summed E-state index contributed by atoms with van der Waals surface area (Å²) >= 11 is 0. The van der Waals surface area contributed by atoms with Gasteiger partial charge >= 0.3 is 6.18 Å². The summed E-state index contributed by atoms with van der Waals surface area (Å²) in [4.78, 5) is 21.8. The van der Waals surface area contributed by atoms with Crippen LogP contribution in [0.1, 0.15) is 5.56 Å². The van der Waals surface area contributed by atoms with Gasteiger partial charge in [0.15, 0.2) is 5.76 Å². The number of hydrogen-bond donors (Lipinski definition) is 2. The molecule has 0 spiro atoms. The van der Waals surface area contributed by atoms with Crippen molar-refractivity contribution in [2.45, 2.75) is 6.18 Å². The summed E-state index contributed by atoms with van der Waals surface area (Å²) in [5.74, 6) is 0.636. The minimum atomic E-state index is -4.42. The predicted molar refractivity (Wildman–Crippen MR) is 99.7 cm³/mol. The first-order valence-corrected chi connectivity index (χ1v) is 8.78. The van der Waals surface area contributed by atoms with Crippen molar-refractivity contribution in [1.82, 2.24) is 15.3 Å². The Morgan fingerprint density at radius 3 is 2.79 bits per heavy atom. The van der Waals surface area contributed by atoms with Crippen LogP contribution in [0.15, 0.2) is 53.1 Å². The van der Waals surface area contributed by atoms with Gasteiger partial charge in [0.2, 0.25) is 5.91 Å². The van der Waals surface area contributed by atoms with Crippen molar-refractivity contribution < 1.29 is 22.4 Å². The Labute approximate surface area is 163 Å². The molecule has 3 aromatic rings. The van der Waals surface area contributed by atoms with Crippen molar-refractivity contribution in [3.05, 3.63) is 54.2 Å². The highest BCUT2D eigenvalue weighted by atomic mass is 19.4. The Kier molecular flexibility index (Phi) is 4.83. The molecular weight excluding hydrogens is 387 g/mol. The number of nitrogens with zero attached hydrogens (tertiary/aromatic N) is 3. The smallest absolute Gasteiger partial charge is 0.416 e. The number of aromatic nitrogens is 2. The maximum Gasteiger partial charge on any atom is 0.416 e. The summed E-state index contributed by atoms with van der Waals surface area (Å²) in [7, 11) is 0. The average Bonchev–Trinajstić information content (AvgIpc) is 3.18. The van der Waals surface area contributed by atoms with Crippen molar-refractivity contribution in [3.63, 3.8) is 0 Å². The third-order valence-electron chi connectivity index (χ3n) is 4.27. The van der Waals surface area contributed by atoms with E-state index in [1.165, 1.54) is 18.3 Å². The third kappa shape index (κ3) is 4.31. The lowest BCUT2D eigenvalue weighted by atomic mass is 10.2. The minimum Gasteiger partial charge on any atom is -0.422 e. The van der Waals surface area contributed by atoms with E-state index in [0.29, 0.717) is 36.4 Å². The van der Waals surface area contributed by atoms with Gasteiger partial charge in [0.05, 0.1) is 11.8 Å². The second-order valence-corrected chi connectivity index (χ2v) is 6.39. The topological polar surface area (TPSA) is 83.3 Å². The molecule has 0 radical (unpaired) electrons. The standard InChI is InChI=1S/C19H16F3N5O2/c20-19(21,22)12-3-1-4-13(9-12)25-16-6-2-5-14(26-16)15-10-24-18(29-15)27-8-7-23-17(28)11-27/h1-6,9-10H,7-8,11H2,(H,23,28)(H,25,26). The quantitative estimate of drug-likeness (QED) is 0.695. The molecule has 4 rings (SSSR count). The number of benzene rings is 1. The second kappa shape index (κ2) is 7.46. The first-order valence-electron chi connectivity index (χ1n) is 8.78. The number of alkyl halides is 3. The summed E-state index contributed by atoms with van der Waals surface area (Å²) in [6.45, 7) is 1.24. The van der Waals surface area contributed by atoms with Crippen LogP contribution in [-0.4, -0.2) is 35.5 Å². The Hall–Kier alpha value is -3.56. The van der Waals surface area contributed by atoms with Crippen LogP contribution in [0.4, 0.5) is 30.7 Å². The normalized spacial score (nSPS) is 14.6. The van der Waals surface area contributed by atoms with Crippen LogP contribution in [0.5, 0.6) is 0 Å². The van der Waals surface area contributed by atoms with E-state index >= 15 is 0 Å². The monoisotopic (exact) mass is 403 g/mol. The summed E-state index contributed by atoms with van der Waals surface area (Å²) in [6, 6.07) is 10.2. The van der Waals surface area contributed by atoms with E-state index in [1.807, 2.05) is 0 Å². The molecule has 7 nitrogen and oxygen atoms in total. The van der Waals surface area contributed by atoms with Crippen molar-refractivity contribution in [1.29, 1.82) is 0 Å². The molecule has 0 unspecified atom stereocenters. The lowest BCUT2D eigenvalue weighted by Crippen LogP contribution is -2.47. The summed E-state index contributed by atoms with van der Waals surface area (Å²) in [5, 5.41) is 5.59. The van der Waals surface area contributed by atoms with Gasteiger partial charge in [-0.25, -0.2) is 9.97 Å². The molecule has 2 N–H and O–H groups in total. The van der Waals surface area contributed by atoms with Crippen LogP contribution in [0.3, 0.4) is 0 Å². The van der Waals surface area contributed by atoms with Gasteiger partial charge in [-0.15, -0.1) is 0 Å². The lowest BCUT2D eigenvalue weighted by Gasteiger charge is -2.24. The van der Waals surface area contributed by atoms with Gasteiger partial charge in [0.25, 0.3) is 6.01 Å². The molecule has 1 aliphatic heterocycles. The lowest BCUT2D eigenvalue weighted by molar-refractivity contribution is -0.137. The maximum absolute atomic E-state index is 12.9. The number of carbonyl (C=O) groups excluding carboxylic acids is 1. The van der Waals surface area contributed by atoms with Gasteiger partial charge < -0.3 is 20.0 Å². The van der Waals surface area contributed by atoms with Crippen molar-refractivity contribution in [2.75, 3.05) is 29.9 Å². The van der Waals surface area contributed by atoms with Gasteiger partial charge in [-0.05, 0) is 30.3 Å². The third-order valence-corrected chi connectivity index (χ3v) is 4.27. The fourth-order valence-electron chi connectivity index (χ4n) is 2.89. The highest BCUT2D eigenvalue weighted by molar-refractivity contribution is 5.81. The summed E-state index contributed by atoms with van der Waals surface area (Å²) < 4.78 is 44.4.